The van der Waals surface area contributed by atoms with Crippen LogP contribution < -0.4 is 4.90 Å². The van der Waals surface area contributed by atoms with Gasteiger partial charge in [-0.3, -0.25) is 9.59 Å². The van der Waals surface area contributed by atoms with Crippen molar-refractivity contribution in [1.29, 1.82) is 0 Å². The second-order valence-corrected chi connectivity index (χ2v) is 8.48. The number of nitrogens with zero attached hydrogens (tertiary/aromatic N) is 1. The zero-order valence-electron chi connectivity index (χ0n) is 18.0. The van der Waals surface area contributed by atoms with Crippen LogP contribution in [0.5, 0.6) is 0 Å². The highest BCUT2D eigenvalue weighted by molar-refractivity contribution is 6.36. The quantitative estimate of drug-likeness (QED) is 0.268. The standard InChI is InChI=1S/C30H17NO3/c32-29-23-11-6-10-22-20(18-13-16-27-25(17-18)21-9-4-5-12-26(21)34-27)14-15-24(28(22)23)30(33)31(29)19-7-2-1-3-8-19/h1-17H. The van der Waals surface area contributed by atoms with Crippen LogP contribution in [0.3, 0.4) is 0 Å². The summed E-state index contributed by atoms with van der Waals surface area (Å²) in [4.78, 5) is 28.1. The van der Waals surface area contributed by atoms with E-state index in [1.807, 2.05) is 72.8 Å². The Hall–Kier alpha value is -4.70. The van der Waals surface area contributed by atoms with Crippen molar-refractivity contribution >= 4 is 50.2 Å². The number of para-hydroxylation sites is 2. The molecule has 6 aromatic rings. The molecule has 1 aliphatic heterocycles. The van der Waals surface area contributed by atoms with E-state index in [4.69, 9.17) is 4.42 Å². The van der Waals surface area contributed by atoms with Crippen molar-refractivity contribution in [1.82, 2.24) is 0 Å². The minimum absolute atomic E-state index is 0.303. The van der Waals surface area contributed by atoms with E-state index in [0.29, 0.717) is 22.2 Å². The maximum absolute atomic E-state index is 13.4. The molecule has 0 aliphatic carbocycles. The summed E-state index contributed by atoms with van der Waals surface area (Å²) in [6.45, 7) is 0. The molecule has 0 spiro atoms. The van der Waals surface area contributed by atoms with E-state index in [-0.39, 0.29) is 11.8 Å². The van der Waals surface area contributed by atoms with Crippen LogP contribution >= 0.6 is 0 Å². The summed E-state index contributed by atoms with van der Waals surface area (Å²) < 4.78 is 5.98. The van der Waals surface area contributed by atoms with E-state index < -0.39 is 0 Å². The second-order valence-electron chi connectivity index (χ2n) is 8.48. The molecule has 2 amide bonds. The highest BCUT2D eigenvalue weighted by Crippen LogP contribution is 2.39. The summed E-state index contributed by atoms with van der Waals surface area (Å²) in [5.41, 5.74) is 5.30. The monoisotopic (exact) mass is 439 g/mol. The number of hydrogen-bond acceptors (Lipinski definition) is 3. The molecule has 0 unspecified atom stereocenters. The third kappa shape index (κ3) is 2.54. The van der Waals surface area contributed by atoms with Crippen molar-refractivity contribution in [2.24, 2.45) is 0 Å². The summed E-state index contributed by atoms with van der Waals surface area (Å²) >= 11 is 0. The van der Waals surface area contributed by atoms with Gasteiger partial charge in [0.2, 0.25) is 0 Å². The molecule has 0 bridgehead atoms. The summed E-state index contributed by atoms with van der Waals surface area (Å²) in [6.07, 6.45) is 0. The predicted octanol–water partition coefficient (Wildman–Crippen LogP) is 7.21. The maximum Gasteiger partial charge on any atom is 0.265 e. The number of furan rings is 1. The maximum atomic E-state index is 13.4. The molecular weight excluding hydrogens is 422 g/mol. The Kier molecular flexibility index (Phi) is 3.82. The van der Waals surface area contributed by atoms with Crippen LogP contribution in [0.2, 0.25) is 0 Å². The lowest BCUT2D eigenvalue weighted by molar-refractivity contribution is 0.0893. The number of imide groups is 1. The van der Waals surface area contributed by atoms with Crippen LogP contribution in [0.15, 0.2) is 108 Å². The first kappa shape index (κ1) is 18.8. The number of carbonyl (C=O) groups excluding carboxylic acids is 2. The van der Waals surface area contributed by atoms with Gasteiger partial charge >= 0.3 is 0 Å². The lowest BCUT2D eigenvalue weighted by Crippen LogP contribution is -2.40. The topological polar surface area (TPSA) is 50.5 Å². The highest BCUT2D eigenvalue weighted by Gasteiger charge is 2.34. The van der Waals surface area contributed by atoms with E-state index in [1.165, 1.54) is 4.90 Å². The highest BCUT2D eigenvalue weighted by atomic mass is 16.3. The minimum Gasteiger partial charge on any atom is -0.456 e. The van der Waals surface area contributed by atoms with Crippen LogP contribution in [0.1, 0.15) is 20.7 Å². The van der Waals surface area contributed by atoms with Gasteiger partial charge in [-0.2, -0.15) is 0 Å². The minimum atomic E-state index is -0.303. The van der Waals surface area contributed by atoms with Crippen molar-refractivity contribution in [3.8, 4) is 11.1 Å². The van der Waals surface area contributed by atoms with Gasteiger partial charge in [-0.25, -0.2) is 4.90 Å². The Balaban J connectivity index is 1.45. The zero-order valence-corrected chi connectivity index (χ0v) is 18.0. The van der Waals surface area contributed by atoms with Gasteiger partial charge in [0.15, 0.2) is 0 Å². The number of fused-ring (bicyclic) bond motifs is 3. The molecule has 4 nitrogen and oxygen atoms in total. The summed E-state index contributed by atoms with van der Waals surface area (Å²) in [5, 5.41) is 3.69. The van der Waals surface area contributed by atoms with Gasteiger partial charge in [0.1, 0.15) is 11.2 Å². The first-order valence-corrected chi connectivity index (χ1v) is 11.1. The molecule has 0 radical (unpaired) electrons. The molecule has 1 aliphatic rings. The molecule has 0 saturated heterocycles. The number of amides is 2. The SMILES string of the molecule is O=C1c2cccc3c(-c4ccc5oc6ccccc6c5c4)ccc(c23)C(=O)N1c1ccccc1. The summed E-state index contributed by atoms with van der Waals surface area (Å²) in [5.74, 6) is -0.606. The summed E-state index contributed by atoms with van der Waals surface area (Å²) in [7, 11) is 0. The number of carbonyl (C=O) groups is 2. The van der Waals surface area contributed by atoms with E-state index in [2.05, 4.69) is 12.1 Å². The Morgan fingerprint density at radius 3 is 2.06 bits per heavy atom. The molecule has 0 fully saturated rings. The van der Waals surface area contributed by atoms with Crippen molar-refractivity contribution in [3.63, 3.8) is 0 Å². The fraction of sp³-hybridized carbons (Fsp3) is 0. The Bertz CT molecular complexity index is 1770. The molecule has 7 rings (SSSR count). The molecule has 160 valence electrons. The van der Waals surface area contributed by atoms with Crippen molar-refractivity contribution in [2.75, 3.05) is 4.90 Å². The molecule has 1 aromatic heterocycles. The van der Waals surface area contributed by atoms with Crippen molar-refractivity contribution in [2.45, 2.75) is 0 Å². The largest absolute Gasteiger partial charge is 0.456 e. The fourth-order valence-electron chi connectivity index (χ4n) is 5.05. The van der Waals surface area contributed by atoms with Crippen molar-refractivity contribution in [3.05, 3.63) is 114 Å². The normalized spacial score (nSPS) is 13.4. The predicted molar refractivity (Wildman–Crippen MR) is 134 cm³/mol. The number of rotatable bonds is 2. The number of hydrogen-bond donors (Lipinski definition) is 0. The van der Waals surface area contributed by atoms with Gasteiger partial charge in [-0.15, -0.1) is 0 Å². The van der Waals surface area contributed by atoms with Crippen LogP contribution in [0.4, 0.5) is 5.69 Å². The Labute approximate surface area is 194 Å². The number of benzene rings is 5. The van der Waals surface area contributed by atoms with Crippen LogP contribution in [-0.4, -0.2) is 11.8 Å². The third-order valence-corrected chi connectivity index (χ3v) is 6.61. The van der Waals surface area contributed by atoms with Gasteiger partial charge in [0.05, 0.1) is 5.69 Å². The van der Waals surface area contributed by atoms with E-state index in [0.717, 1.165) is 38.5 Å². The molecule has 34 heavy (non-hydrogen) atoms. The van der Waals surface area contributed by atoms with Gasteiger partial charge in [0.25, 0.3) is 11.8 Å². The lowest BCUT2D eigenvalue weighted by atomic mass is 9.88. The molecule has 0 N–H and O–H groups in total. The summed E-state index contributed by atoms with van der Waals surface area (Å²) in [6, 6.07) is 32.6. The fourth-order valence-corrected chi connectivity index (χ4v) is 5.05. The van der Waals surface area contributed by atoms with E-state index >= 15 is 0 Å². The average molecular weight is 439 g/mol. The first-order valence-electron chi connectivity index (χ1n) is 11.1. The average Bonchev–Trinajstić information content (AvgIpc) is 3.25. The second kappa shape index (κ2) is 6.90. The van der Waals surface area contributed by atoms with Crippen molar-refractivity contribution < 1.29 is 14.0 Å². The molecule has 5 aromatic carbocycles. The van der Waals surface area contributed by atoms with Gasteiger partial charge in [-0.1, -0.05) is 60.7 Å². The molecule has 0 saturated carbocycles. The van der Waals surface area contributed by atoms with Gasteiger partial charge in [0, 0.05) is 27.3 Å². The zero-order chi connectivity index (χ0) is 22.8. The van der Waals surface area contributed by atoms with Gasteiger partial charge in [-0.05, 0) is 59.0 Å². The number of anilines is 1. The van der Waals surface area contributed by atoms with Crippen LogP contribution in [0, 0.1) is 0 Å². The molecule has 2 heterocycles. The smallest absolute Gasteiger partial charge is 0.265 e. The molecular formula is C30H17NO3. The van der Waals surface area contributed by atoms with Crippen LogP contribution in [0.25, 0.3) is 43.8 Å². The Morgan fingerprint density at radius 2 is 1.21 bits per heavy atom. The molecule has 4 heteroatoms. The Morgan fingerprint density at radius 1 is 0.529 bits per heavy atom. The van der Waals surface area contributed by atoms with Gasteiger partial charge < -0.3 is 4.42 Å². The molecule has 0 atom stereocenters. The van der Waals surface area contributed by atoms with E-state index in [1.54, 1.807) is 18.2 Å². The van der Waals surface area contributed by atoms with E-state index in [9.17, 15) is 9.59 Å². The first-order chi connectivity index (χ1) is 16.7. The van der Waals surface area contributed by atoms with Crippen LogP contribution in [-0.2, 0) is 0 Å². The third-order valence-electron chi connectivity index (χ3n) is 6.61. The lowest BCUT2D eigenvalue weighted by Gasteiger charge is -2.27.